The van der Waals surface area contributed by atoms with E-state index >= 15 is 0 Å². The van der Waals surface area contributed by atoms with E-state index in [1.54, 1.807) is 4.90 Å². The molecule has 0 atom stereocenters. The molecule has 5 nitrogen and oxygen atoms in total. The van der Waals surface area contributed by atoms with Crippen molar-refractivity contribution in [3.63, 3.8) is 0 Å². The molecule has 0 aromatic heterocycles. The SMILES string of the molecule is O=C(OCCO)N1CCN(CC2CC2)CC1. The average Bonchev–Trinajstić information content (AvgIpc) is 3.11. The molecule has 5 heteroatoms. The Kier molecular flexibility index (Phi) is 4.01. The van der Waals surface area contributed by atoms with Crippen LogP contribution in [0.25, 0.3) is 0 Å². The number of rotatable bonds is 4. The number of aliphatic hydroxyl groups excluding tert-OH is 1. The van der Waals surface area contributed by atoms with Crippen molar-refractivity contribution in [3.05, 3.63) is 0 Å². The summed E-state index contributed by atoms with van der Waals surface area (Å²) in [5.74, 6) is 0.910. The van der Waals surface area contributed by atoms with E-state index in [9.17, 15) is 4.79 Å². The monoisotopic (exact) mass is 228 g/mol. The number of hydrogen-bond donors (Lipinski definition) is 1. The van der Waals surface area contributed by atoms with Gasteiger partial charge in [0.15, 0.2) is 0 Å². The third-order valence-electron chi connectivity index (χ3n) is 3.16. The van der Waals surface area contributed by atoms with E-state index in [4.69, 9.17) is 9.84 Å². The maximum atomic E-state index is 11.5. The Morgan fingerprint density at radius 1 is 1.25 bits per heavy atom. The highest BCUT2D eigenvalue weighted by Gasteiger charge is 2.27. The summed E-state index contributed by atoms with van der Waals surface area (Å²) in [6.45, 7) is 4.58. The predicted octanol–water partition coefficient (Wildman–Crippen LogP) is 0.143. The summed E-state index contributed by atoms with van der Waals surface area (Å²) in [4.78, 5) is 15.6. The Morgan fingerprint density at radius 2 is 1.94 bits per heavy atom. The molecular weight excluding hydrogens is 208 g/mol. The van der Waals surface area contributed by atoms with E-state index in [1.165, 1.54) is 19.4 Å². The summed E-state index contributed by atoms with van der Waals surface area (Å²) < 4.78 is 4.88. The van der Waals surface area contributed by atoms with Gasteiger partial charge < -0.3 is 14.7 Å². The summed E-state index contributed by atoms with van der Waals surface area (Å²) in [6.07, 6.45) is 2.46. The highest BCUT2D eigenvalue weighted by atomic mass is 16.6. The molecule has 1 amide bonds. The van der Waals surface area contributed by atoms with Gasteiger partial charge in [-0.25, -0.2) is 4.79 Å². The van der Waals surface area contributed by atoms with Crippen LogP contribution < -0.4 is 0 Å². The van der Waals surface area contributed by atoms with E-state index in [2.05, 4.69) is 4.90 Å². The fraction of sp³-hybridized carbons (Fsp3) is 0.909. The first-order chi connectivity index (χ1) is 7.79. The molecule has 0 unspecified atom stereocenters. The van der Waals surface area contributed by atoms with Crippen LogP contribution in [0.3, 0.4) is 0 Å². The maximum absolute atomic E-state index is 11.5. The van der Waals surface area contributed by atoms with Crippen molar-refractivity contribution >= 4 is 6.09 Å². The lowest BCUT2D eigenvalue weighted by molar-refractivity contribution is 0.0635. The van der Waals surface area contributed by atoms with Gasteiger partial charge in [0.1, 0.15) is 6.61 Å². The lowest BCUT2D eigenvalue weighted by atomic mass is 10.3. The zero-order valence-corrected chi connectivity index (χ0v) is 9.60. The van der Waals surface area contributed by atoms with Crippen LogP contribution in [0.2, 0.25) is 0 Å². The van der Waals surface area contributed by atoms with Crippen LogP contribution in [0, 0.1) is 5.92 Å². The van der Waals surface area contributed by atoms with E-state index < -0.39 is 0 Å². The lowest BCUT2D eigenvalue weighted by Crippen LogP contribution is -2.49. The largest absolute Gasteiger partial charge is 0.447 e. The summed E-state index contributed by atoms with van der Waals surface area (Å²) >= 11 is 0. The number of nitrogens with zero attached hydrogens (tertiary/aromatic N) is 2. The van der Waals surface area contributed by atoms with Gasteiger partial charge >= 0.3 is 6.09 Å². The van der Waals surface area contributed by atoms with Crippen LogP contribution in [0.4, 0.5) is 4.79 Å². The molecule has 16 heavy (non-hydrogen) atoms. The Balaban J connectivity index is 1.65. The second-order valence-corrected chi connectivity index (χ2v) is 4.57. The second kappa shape index (κ2) is 5.50. The molecule has 2 aliphatic rings. The molecule has 0 radical (unpaired) electrons. The minimum Gasteiger partial charge on any atom is -0.447 e. The number of piperazine rings is 1. The molecule has 0 aromatic carbocycles. The van der Waals surface area contributed by atoms with Crippen molar-refractivity contribution < 1.29 is 14.6 Å². The zero-order chi connectivity index (χ0) is 11.4. The first-order valence-corrected chi connectivity index (χ1v) is 6.04. The number of carbonyl (C=O) groups is 1. The van der Waals surface area contributed by atoms with E-state index in [0.29, 0.717) is 0 Å². The van der Waals surface area contributed by atoms with Crippen molar-refractivity contribution in [1.82, 2.24) is 9.80 Å². The molecule has 1 N–H and O–H groups in total. The third-order valence-corrected chi connectivity index (χ3v) is 3.16. The summed E-state index contributed by atoms with van der Waals surface area (Å²) in [5, 5.41) is 8.56. The second-order valence-electron chi connectivity index (χ2n) is 4.57. The van der Waals surface area contributed by atoms with Crippen molar-refractivity contribution in [2.75, 3.05) is 45.9 Å². The van der Waals surface area contributed by atoms with E-state index in [-0.39, 0.29) is 19.3 Å². The van der Waals surface area contributed by atoms with Gasteiger partial charge in [0.05, 0.1) is 6.61 Å². The number of aliphatic hydroxyl groups is 1. The van der Waals surface area contributed by atoms with Gasteiger partial charge in [0.2, 0.25) is 0 Å². The van der Waals surface area contributed by atoms with Crippen LogP contribution in [-0.4, -0.2) is 66.9 Å². The molecule has 1 heterocycles. The van der Waals surface area contributed by atoms with Crippen LogP contribution in [0.15, 0.2) is 0 Å². The van der Waals surface area contributed by atoms with Crippen LogP contribution >= 0.6 is 0 Å². The van der Waals surface area contributed by atoms with Crippen LogP contribution in [0.1, 0.15) is 12.8 Å². The Labute approximate surface area is 96.0 Å². The minimum atomic E-state index is -0.292. The molecule has 0 spiro atoms. The van der Waals surface area contributed by atoms with Crippen molar-refractivity contribution in [3.8, 4) is 0 Å². The number of carbonyl (C=O) groups excluding carboxylic acids is 1. The van der Waals surface area contributed by atoms with Crippen molar-refractivity contribution in [2.45, 2.75) is 12.8 Å². The highest BCUT2D eigenvalue weighted by molar-refractivity contribution is 5.67. The first kappa shape index (κ1) is 11.7. The van der Waals surface area contributed by atoms with E-state index in [1.807, 2.05) is 0 Å². The average molecular weight is 228 g/mol. The summed E-state index contributed by atoms with van der Waals surface area (Å²) in [6, 6.07) is 0. The van der Waals surface area contributed by atoms with Crippen LogP contribution in [-0.2, 0) is 4.74 Å². The van der Waals surface area contributed by atoms with Crippen LogP contribution in [0.5, 0.6) is 0 Å². The summed E-state index contributed by atoms with van der Waals surface area (Å²) in [5.41, 5.74) is 0. The van der Waals surface area contributed by atoms with Gasteiger partial charge in [-0.2, -0.15) is 0 Å². The topological polar surface area (TPSA) is 53.0 Å². The standard InChI is InChI=1S/C11H20N2O3/c14-7-8-16-11(15)13-5-3-12(4-6-13)9-10-1-2-10/h10,14H,1-9H2. The van der Waals surface area contributed by atoms with Crippen molar-refractivity contribution in [1.29, 1.82) is 0 Å². The Bertz CT molecular complexity index is 235. The Morgan fingerprint density at radius 3 is 2.50 bits per heavy atom. The van der Waals surface area contributed by atoms with Gasteiger partial charge in [0, 0.05) is 32.7 Å². The summed E-state index contributed by atoms with van der Waals surface area (Å²) in [7, 11) is 0. The fourth-order valence-electron chi connectivity index (χ4n) is 2.00. The van der Waals surface area contributed by atoms with Gasteiger partial charge in [-0.1, -0.05) is 0 Å². The molecule has 2 fully saturated rings. The maximum Gasteiger partial charge on any atom is 0.409 e. The molecule has 0 bridgehead atoms. The van der Waals surface area contributed by atoms with E-state index in [0.717, 1.165) is 32.1 Å². The lowest BCUT2D eigenvalue weighted by Gasteiger charge is -2.34. The smallest absolute Gasteiger partial charge is 0.409 e. The number of hydrogen-bond acceptors (Lipinski definition) is 4. The quantitative estimate of drug-likeness (QED) is 0.744. The molecule has 92 valence electrons. The fourth-order valence-corrected chi connectivity index (χ4v) is 2.00. The zero-order valence-electron chi connectivity index (χ0n) is 9.60. The molecule has 2 rings (SSSR count). The third kappa shape index (κ3) is 3.35. The van der Waals surface area contributed by atoms with Crippen molar-refractivity contribution in [2.24, 2.45) is 5.92 Å². The molecule has 1 saturated heterocycles. The number of ether oxygens (including phenoxy) is 1. The molecule has 1 saturated carbocycles. The minimum absolute atomic E-state index is 0.0983. The first-order valence-electron chi connectivity index (χ1n) is 6.04. The number of amides is 1. The normalized spacial score (nSPS) is 22.2. The Hall–Kier alpha value is -0.810. The predicted molar refractivity (Wildman–Crippen MR) is 59.2 cm³/mol. The highest BCUT2D eigenvalue weighted by Crippen LogP contribution is 2.29. The molecule has 1 aliphatic heterocycles. The van der Waals surface area contributed by atoms with Gasteiger partial charge in [-0.05, 0) is 18.8 Å². The molecule has 0 aromatic rings. The van der Waals surface area contributed by atoms with Gasteiger partial charge in [0.25, 0.3) is 0 Å². The molecule has 1 aliphatic carbocycles. The van der Waals surface area contributed by atoms with Gasteiger partial charge in [-0.3, -0.25) is 4.90 Å². The van der Waals surface area contributed by atoms with Gasteiger partial charge in [-0.15, -0.1) is 0 Å². The molecular formula is C11H20N2O3.